The van der Waals surface area contributed by atoms with Crippen molar-refractivity contribution in [2.75, 3.05) is 40.0 Å². The second-order valence-corrected chi connectivity index (χ2v) is 7.07. The van der Waals surface area contributed by atoms with Gasteiger partial charge in [0, 0.05) is 19.0 Å². The van der Waals surface area contributed by atoms with Gasteiger partial charge < -0.3 is 24.4 Å². The molecule has 7 nitrogen and oxygen atoms in total. The van der Waals surface area contributed by atoms with E-state index in [-0.39, 0.29) is 24.3 Å². The molecule has 0 radical (unpaired) electrons. The highest BCUT2D eigenvalue weighted by molar-refractivity contribution is 5.80. The van der Waals surface area contributed by atoms with Crippen molar-refractivity contribution in [1.29, 1.82) is 0 Å². The zero-order valence-electron chi connectivity index (χ0n) is 17.2. The van der Waals surface area contributed by atoms with Gasteiger partial charge in [0.25, 0.3) is 5.91 Å². The van der Waals surface area contributed by atoms with Crippen LogP contribution in [0.2, 0.25) is 0 Å². The highest BCUT2D eigenvalue weighted by Gasteiger charge is 2.27. The molecule has 2 amide bonds. The van der Waals surface area contributed by atoms with E-state index in [0.29, 0.717) is 44.8 Å². The van der Waals surface area contributed by atoms with Gasteiger partial charge in [0.15, 0.2) is 6.61 Å². The minimum Gasteiger partial charge on any atom is -0.497 e. The number of carbonyl (C=O) groups excluding carboxylic acids is 2. The van der Waals surface area contributed by atoms with Crippen molar-refractivity contribution in [3.05, 3.63) is 54.6 Å². The van der Waals surface area contributed by atoms with Crippen molar-refractivity contribution in [3.63, 3.8) is 0 Å². The number of nitrogens with one attached hydrogen (secondary N) is 1. The first kappa shape index (κ1) is 21.5. The number of nitrogens with zero attached hydrogens (tertiary/aromatic N) is 1. The molecule has 1 aliphatic heterocycles. The number of methoxy groups -OCH3 is 1. The maximum absolute atomic E-state index is 12.4. The van der Waals surface area contributed by atoms with Crippen LogP contribution in [0.15, 0.2) is 54.6 Å². The van der Waals surface area contributed by atoms with Crippen molar-refractivity contribution in [2.45, 2.75) is 12.8 Å². The summed E-state index contributed by atoms with van der Waals surface area (Å²) in [5.74, 6) is 2.07. The minimum absolute atomic E-state index is 0.0148. The zero-order chi connectivity index (χ0) is 21.2. The average molecular weight is 412 g/mol. The highest BCUT2D eigenvalue weighted by atomic mass is 16.5. The predicted molar refractivity (Wildman–Crippen MR) is 113 cm³/mol. The molecule has 7 heteroatoms. The fraction of sp³-hybridized carbons (Fsp3) is 0.391. The predicted octanol–water partition coefficient (Wildman–Crippen LogP) is 2.51. The quantitative estimate of drug-likeness (QED) is 0.641. The second-order valence-electron chi connectivity index (χ2n) is 7.07. The first-order valence-corrected chi connectivity index (χ1v) is 10.2. The van der Waals surface area contributed by atoms with Crippen molar-refractivity contribution >= 4 is 11.8 Å². The number of para-hydroxylation sites is 1. The Morgan fingerprint density at radius 2 is 1.57 bits per heavy atom. The van der Waals surface area contributed by atoms with Crippen LogP contribution in [-0.2, 0) is 9.59 Å². The molecule has 1 saturated heterocycles. The number of carbonyl (C=O) groups is 2. The summed E-state index contributed by atoms with van der Waals surface area (Å²) in [5, 5.41) is 2.92. The average Bonchev–Trinajstić information content (AvgIpc) is 2.81. The summed E-state index contributed by atoms with van der Waals surface area (Å²) >= 11 is 0. The molecule has 0 saturated carbocycles. The van der Waals surface area contributed by atoms with Gasteiger partial charge in [0.05, 0.1) is 13.7 Å². The van der Waals surface area contributed by atoms with Crippen LogP contribution in [0.3, 0.4) is 0 Å². The summed E-state index contributed by atoms with van der Waals surface area (Å²) in [4.78, 5) is 26.4. The van der Waals surface area contributed by atoms with Gasteiger partial charge in [-0.2, -0.15) is 0 Å². The lowest BCUT2D eigenvalue weighted by Crippen LogP contribution is -2.45. The van der Waals surface area contributed by atoms with Crippen molar-refractivity contribution < 1.29 is 23.8 Å². The zero-order valence-corrected chi connectivity index (χ0v) is 17.2. The number of likely N-dealkylation sites (tertiary alicyclic amines) is 1. The highest BCUT2D eigenvalue weighted by Crippen LogP contribution is 2.19. The molecular formula is C23H28N2O5. The molecular weight excluding hydrogens is 384 g/mol. The fourth-order valence-corrected chi connectivity index (χ4v) is 3.30. The van der Waals surface area contributed by atoms with Crippen LogP contribution in [-0.4, -0.2) is 56.7 Å². The Hall–Kier alpha value is -3.22. The molecule has 1 N–H and O–H groups in total. The van der Waals surface area contributed by atoms with Crippen LogP contribution >= 0.6 is 0 Å². The molecule has 0 bridgehead atoms. The molecule has 0 aromatic heterocycles. The first-order chi connectivity index (χ1) is 14.7. The Balaban J connectivity index is 1.31. The third-order valence-corrected chi connectivity index (χ3v) is 5.05. The van der Waals surface area contributed by atoms with Crippen LogP contribution in [0.1, 0.15) is 12.8 Å². The van der Waals surface area contributed by atoms with Crippen LogP contribution in [0, 0.1) is 5.92 Å². The summed E-state index contributed by atoms with van der Waals surface area (Å²) in [6, 6.07) is 16.6. The first-order valence-electron chi connectivity index (χ1n) is 10.2. The molecule has 160 valence electrons. The maximum atomic E-state index is 12.4. The topological polar surface area (TPSA) is 77.1 Å². The van der Waals surface area contributed by atoms with Crippen LogP contribution < -0.4 is 19.5 Å². The number of benzene rings is 2. The number of amides is 2. The van der Waals surface area contributed by atoms with E-state index in [1.54, 1.807) is 12.0 Å². The lowest BCUT2D eigenvalue weighted by Gasteiger charge is -2.31. The third kappa shape index (κ3) is 6.40. The van der Waals surface area contributed by atoms with Crippen molar-refractivity contribution in [3.8, 4) is 17.2 Å². The van der Waals surface area contributed by atoms with Crippen LogP contribution in [0.4, 0.5) is 0 Å². The lowest BCUT2D eigenvalue weighted by atomic mass is 9.96. The fourth-order valence-electron chi connectivity index (χ4n) is 3.30. The third-order valence-electron chi connectivity index (χ3n) is 5.05. The van der Waals surface area contributed by atoms with Gasteiger partial charge in [-0.3, -0.25) is 9.59 Å². The van der Waals surface area contributed by atoms with E-state index in [1.807, 2.05) is 54.6 Å². The summed E-state index contributed by atoms with van der Waals surface area (Å²) in [5.41, 5.74) is 0. The molecule has 1 fully saturated rings. The molecule has 2 aromatic carbocycles. The normalized spacial score (nSPS) is 14.1. The van der Waals surface area contributed by atoms with E-state index >= 15 is 0 Å². The van der Waals surface area contributed by atoms with Gasteiger partial charge >= 0.3 is 0 Å². The van der Waals surface area contributed by atoms with E-state index in [0.717, 1.165) is 11.5 Å². The van der Waals surface area contributed by atoms with Gasteiger partial charge in [-0.25, -0.2) is 0 Å². The Kier molecular flexibility index (Phi) is 7.94. The Morgan fingerprint density at radius 3 is 2.23 bits per heavy atom. The monoisotopic (exact) mass is 412 g/mol. The number of hydrogen-bond donors (Lipinski definition) is 1. The summed E-state index contributed by atoms with van der Waals surface area (Å²) < 4.78 is 16.2. The smallest absolute Gasteiger partial charge is 0.260 e. The van der Waals surface area contributed by atoms with Gasteiger partial charge in [0.1, 0.15) is 23.9 Å². The number of ether oxygens (including phenoxy) is 3. The number of hydrogen-bond acceptors (Lipinski definition) is 5. The molecule has 0 spiro atoms. The molecule has 3 rings (SSSR count). The van der Waals surface area contributed by atoms with Crippen LogP contribution in [0.5, 0.6) is 17.2 Å². The molecule has 0 unspecified atom stereocenters. The molecule has 30 heavy (non-hydrogen) atoms. The van der Waals surface area contributed by atoms with E-state index in [2.05, 4.69) is 5.32 Å². The van der Waals surface area contributed by atoms with Gasteiger partial charge in [-0.05, 0) is 49.2 Å². The van der Waals surface area contributed by atoms with E-state index in [1.165, 1.54) is 0 Å². The largest absolute Gasteiger partial charge is 0.497 e. The molecule has 0 aliphatic carbocycles. The van der Waals surface area contributed by atoms with Gasteiger partial charge in [-0.15, -0.1) is 0 Å². The summed E-state index contributed by atoms with van der Waals surface area (Å²) in [7, 11) is 1.62. The van der Waals surface area contributed by atoms with Crippen LogP contribution in [0.25, 0.3) is 0 Å². The molecule has 2 aromatic rings. The minimum atomic E-state index is -0.0786. The Bertz CT molecular complexity index is 802. The van der Waals surface area contributed by atoms with Crippen molar-refractivity contribution in [2.24, 2.45) is 5.92 Å². The summed E-state index contributed by atoms with van der Waals surface area (Å²) in [6.07, 6.45) is 1.31. The van der Waals surface area contributed by atoms with E-state index < -0.39 is 0 Å². The van der Waals surface area contributed by atoms with E-state index in [4.69, 9.17) is 14.2 Å². The van der Waals surface area contributed by atoms with Gasteiger partial charge in [0.2, 0.25) is 5.91 Å². The SMILES string of the molecule is COc1ccc(OCCNC(=O)C2CCN(C(=O)COc3ccccc3)CC2)cc1. The Morgan fingerprint density at radius 1 is 0.933 bits per heavy atom. The van der Waals surface area contributed by atoms with E-state index in [9.17, 15) is 9.59 Å². The molecule has 1 aliphatic rings. The van der Waals surface area contributed by atoms with Gasteiger partial charge in [-0.1, -0.05) is 18.2 Å². The second kappa shape index (κ2) is 11.1. The molecule has 1 heterocycles. The number of rotatable bonds is 9. The van der Waals surface area contributed by atoms with Crippen molar-refractivity contribution in [1.82, 2.24) is 10.2 Å². The lowest BCUT2D eigenvalue weighted by molar-refractivity contribution is -0.137. The summed E-state index contributed by atoms with van der Waals surface area (Å²) in [6.45, 7) is 1.99. The molecule has 0 atom stereocenters. The standard InChI is InChI=1S/C23H28N2O5/c1-28-19-7-9-21(10-8-19)29-16-13-24-23(27)18-11-14-25(15-12-18)22(26)17-30-20-5-3-2-4-6-20/h2-10,18H,11-17H2,1H3,(H,24,27). The Labute approximate surface area is 176 Å². The maximum Gasteiger partial charge on any atom is 0.260 e. The number of piperidine rings is 1.